The van der Waals surface area contributed by atoms with Crippen molar-refractivity contribution in [1.82, 2.24) is 4.57 Å². The standard InChI is InChI=1S/C18H13Cl2N3O4S/c1-22-9-11(8-21)16-3-2-14(7-17(16)22)23(10-18(24)25)28(26,27)15-5-12(19)4-13(20)6-15/h2-7,9H,10H2,1H3,(H,24,25). The minimum atomic E-state index is -4.27. The summed E-state index contributed by atoms with van der Waals surface area (Å²) < 4.78 is 28.7. The average molecular weight is 438 g/mol. The molecule has 0 aliphatic rings. The van der Waals surface area contributed by atoms with Crippen LogP contribution in [0.2, 0.25) is 10.0 Å². The van der Waals surface area contributed by atoms with Gasteiger partial charge in [-0.05, 0) is 36.4 Å². The molecule has 1 heterocycles. The number of rotatable bonds is 5. The maximum atomic E-state index is 13.1. The number of carboxylic acids is 1. The van der Waals surface area contributed by atoms with Gasteiger partial charge in [-0.25, -0.2) is 8.42 Å². The van der Waals surface area contributed by atoms with Gasteiger partial charge in [0, 0.05) is 28.7 Å². The Kier molecular flexibility index (Phi) is 5.26. The summed E-state index contributed by atoms with van der Waals surface area (Å²) in [6.45, 7) is -0.798. The van der Waals surface area contributed by atoms with E-state index in [1.807, 2.05) is 0 Å². The Balaban J connectivity index is 2.20. The van der Waals surface area contributed by atoms with Gasteiger partial charge < -0.3 is 9.67 Å². The Hall–Kier alpha value is -2.73. The lowest BCUT2D eigenvalue weighted by atomic mass is 10.2. The van der Waals surface area contributed by atoms with Crippen molar-refractivity contribution in [2.45, 2.75) is 4.90 Å². The minimum Gasteiger partial charge on any atom is -0.480 e. The van der Waals surface area contributed by atoms with Gasteiger partial charge in [-0.3, -0.25) is 9.10 Å². The van der Waals surface area contributed by atoms with E-state index < -0.39 is 22.5 Å². The van der Waals surface area contributed by atoms with E-state index >= 15 is 0 Å². The molecule has 0 unspecified atom stereocenters. The van der Waals surface area contributed by atoms with Gasteiger partial charge in [-0.15, -0.1) is 0 Å². The molecule has 3 aromatic rings. The highest BCUT2D eigenvalue weighted by Gasteiger charge is 2.28. The van der Waals surface area contributed by atoms with Crippen LogP contribution in [0, 0.1) is 11.3 Å². The van der Waals surface area contributed by atoms with E-state index in [2.05, 4.69) is 6.07 Å². The van der Waals surface area contributed by atoms with Crippen LogP contribution in [0.1, 0.15) is 5.56 Å². The lowest BCUT2D eigenvalue weighted by Gasteiger charge is -2.23. The van der Waals surface area contributed by atoms with Crippen molar-refractivity contribution in [2.24, 2.45) is 7.05 Å². The maximum absolute atomic E-state index is 13.1. The number of nitriles is 1. The fourth-order valence-corrected chi connectivity index (χ4v) is 4.99. The van der Waals surface area contributed by atoms with Gasteiger partial charge in [0.25, 0.3) is 10.0 Å². The normalized spacial score (nSPS) is 11.4. The highest BCUT2D eigenvalue weighted by atomic mass is 35.5. The van der Waals surface area contributed by atoms with Crippen LogP contribution in [0.5, 0.6) is 0 Å². The number of aliphatic carboxylic acids is 1. The molecule has 7 nitrogen and oxygen atoms in total. The van der Waals surface area contributed by atoms with Crippen molar-refractivity contribution in [1.29, 1.82) is 5.26 Å². The Morgan fingerprint density at radius 1 is 1.21 bits per heavy atom. The Bertz CT molecular complexity index is 1230. The van der Waals surface area contributed by atoms with E-state index in [4.69, 9.17) is 23.2 Å². The van der Waals surface area contributed by atoms with Crippen LogP contribution in [0.15, 0.2) is 47.5 Å². The molecule has 0 fully saturated rings. The molecule has 10 heteroatoms. The summed E-state index contributed by atoms with van der Waals surface area (Å²) in [4.78, 5) is 11.1. The zero-order valence-corrected chi connectivity index (χ0v) is 16.8. The molecule has 0 amide bonds. The Morgan fingerprint density at radius 3 is 2.43 bits per heavy atom. The molecule has 0 spiro atoms. The molecule has 0 saturated heterocycles. The summed E-state index contributed by atoms with van der Waals surface area (Å²) in [5, 5.41) is 19.3. The fraction of sp³-hybridized carbons (Fsp3) is 0.111. The van der Waals surface area contributed by atoms with Gasteiger partial charge in [0.2, 0.25) is 0 Å². The molecule has 1 aromatic heterocycles. The summed E-state index contributed by atoms with van der Waals surface area (Å²) in [5.74, 6) is -1.33. The highest BCUT2D eigenvalue weighted by Crippen LogP contribution is 2.31. The molecular formula is C18H13Cl2N3O4S. The van der Waals surface area contributed by atoms with Gasteiger partial charge in [-0.1, -0.05) is 23.2 Å². The molecular weight excluding hydrogens is 425 g/mol. The number of aryl methyl sites for hydroxylation is 1. The number of carboxylic acid groups (broad SMARTS) is 1. The molecule has 1 N–H and O–H groups in total. The smallest absolute Gasteiger partial charge is 0.324 e. The predicted molar refractivity (Wildman–Crippen MR) is 106 cm³/mol. The number of hydrogen-bond donors (Lipinski definition) is 1. The number of anilines is 1. The highest BCUT2D eigenvalue weighted by molar-refractivity contribution is 7.92. The zero-order chi connectivity index (χ0) is 20.6. The van der Waals surface area contributed by atoms with E-state index in [1.165, 1.54) is 30.3 Å². The largest absolute Gasteiger partial charge is 0.480 e. The quantitative estimate of drug-likeness (QED) is 0.655. The summed E-state index contributed by atoms with van der Waals surface area (Å²) in [6, 6.07) is 10.4. The lowest BCUT2D eigenvalue weighted by molar-refractivity contribution is -0.135. The summed E-state index contributed by atoms with van der Waals surface area (Å²) in [6.07, 6.45) is 1.61. The van der Waals surface area contributed by atoms with Gasteiger partial charge >= 0.3 is 5.97 Å². The summed E-state index contributed by atoms with van der Waals surface area (Å²) >= 11 is 11.8. The Labute approximate surface area is 171 Å². The molecule has 0 radical (unpaired) electrons. The number of aromatic nitrogens is 1. The number of benzene rings is 2. The predicted octanol–water partition coefficient (Wildman–Crippen LogP) is 3.64. The second-order valence-electron chi connectivity index (χ2n) is 5.98. The van der Waals surface area contributed by atoms with E-state index in [1.54, 1.807) is 23.9 Å². The van der Waals surface area contributed by atoms with Gasteiger partial charge in [-0.2, -0.15) is 5.26 Å². The van der Waals surface area contributed by atoms with Gasteiger partial charge in [0.1, 0.15) is 12.6 Å². The van der Waals surface area contributed by atoms with Crippen molar-refractivity contribution >= 4 is 55.8 Å². The maximum Gasteiger partial charge on any atom is 0.324 e. The Morgan fingerprint density at radius 2 is 1.86 bits per heavy atom. The first-order chi connectivity index (χ1) is 13.1. The molecule has 0 atom stereocenters. The summed E-state index contributed by atoms with van der Waals surface area (Å²) in [7, 11) is -2.56. The molecule has 28 heavy (non-hydrogen) atoms. The number of fused-ring (bicyclic) bond motifs is 1. The molecule has 0 bridgehead atoms. The first kappa shape index (κ1) is 20.0. The summed E-state index contributed by atoms with van der Waals surface area (Å²) in [5.41, 5.74) is 1.15. The number of hydrogen-bond acceptors (Lipinski definition) is 4. The number of nitrogens with zero attached hydrogens (tertiary/aromatic N) is 3. The third-order valence-corrected chi connectivity index (χ3v) is 6.27. The van der Waals surface area contributed by atoms with Gasteiger partial charge in [0.05, 0.1) is 21.7 Å². The first-order valence-corrected chi connectivity index (χ1v) is 10.0. The SMILES string of the molecule is Cn1cc(C#N)c2ccc(N(CC(=O)O)S(=O)(=O)c3cc(Cl)cc(Cl)c3)cc21. The molecule has 3 rings (SSSR count). The van der Waals surface area contributed by atoms with Gasteiger partial charge in [0.15, 0.2) is 0 Å². The number of halogens is 2. The monoisotopic (exact) mass is 437 g/mol. The molecule has 0 saturated carbocycles. The third-order valence-electron chi connectivity index (χ3n) is 4.09. The molecule has 0 aliphatic carbocycles. The molecule has 144 valence electrons. The van der Waals surface area contributed by atoms with Crippen molar-refractivity contribution in [3.8, 4) is 6.07 Å². The van der Waals surface area contributed by atoms with Crippen LogP contribution < -0.4 is 4.31 Å². The van der Waals surface area contributed by atoms with Crippen molar-refractivity contribution in [2.75, 3.05) is 10.8 Å². The first-order valence-electron chi connectivity index (χ1n) is 7.83. The fourth-order valence-electron chi connectivity index (χ4n) is 2.86. The topological polar surface area (TPSA) is 103 Å². The van der Waals surface area contributed by atoms with Crippen LogP contribution in [-0.2, 0) is 21.9 Å². The average Bonchev–Trinajstić information content (AvgIpc) is 2.94. The van der Waals surface area contributed by atoms with Crippen LogP contribution in [-0.4, -0.2) is 30.6 Å². The number of carbonyl (C=O) groups is 1. The van der Waals surface area contributed by atoms with Crippen molar-refractivity contribution in [3.63, 3.8) is 0 Å². The number of sulfonamides is 1. The van der Waals surface area contributed by atoms with E-state index in [-0.39, 0.29) is 20.6 Å². The van der Waals surface area contributed by atoms with Crippen LogP contribution >= 0.6 is 23.2 Å². The minimum absolute atomic E-state index is 0.109. The molecule has 0 aliphatic heterocycles. The van der Waals surface area contributed by atoms with E-state index in [0.29, 0.717) is 16.5 Å². The van der Waals surface area contributed by atoms with E-state index in [9.17, 15) is 23.6 Å². The zero-order valence-electron chi connectivity index (χ0n) is 14.4. The van der Waals surface area contributed by atoms with Crippen LogP contribution in [0.4, 0.5) is 5.69 Å². The second-order valence-corrected chi connectivity index (χ2v) is 8.71. The second kappa shape index (κ2) is 7.36. The van der Waals surface area contributed by atoms with E-state index in [0.717, 1.165) is 4.31 Å². The lowest BCUT2D eigenvalue weighted by Crippen LogP contribution is -2.35. The van der Waals surface area contributed by atoms with Crippen LogP contribution in [0.25, 0.3) is 10.9 Å². The molecule has 2 aromatic carbocycles. The third kappa shape index (κ3) is 3.64. The van der Waals surface area contributed by atoms with Crippen LogP contribution in [0.3, 0.4) is 0 Å². The van der Waals surface area contributed by atoms with Crippen molar-refractivity contribution in [3.05, 3.63) is 58.2 Å². The van der Waals surface area contributed by atoms with Crippen molar-refractivity contribution < 1.29 is 18.3 Å².